The van der Waals surface area contributed by atoms with Crippen molar-refractivity contribution < 1.29 is 9.32 Å². The van der Waals surface area contributed by atoms with Gasteiger partial charge in [-0.1, -0.05) is 11.2 Å². The predicted octanol–water partition coefficient (Wildman–Crippen LogP) is 1.79. The molecule has 2 aromatic heterocycles. The van der Waals surface area contributed by atoms with E-state index in [9.17, 15) is 4.79 Å². The minimum atomic E-state index is -0.186. The first kappa shape index (κ1) is 11.3. The summed E-state index contributed by atoms with van der Waals surface area (Å²) in [5, 5.41) is 6.56. The lowest BCUT2D eigenvalue weighted by Gasteiger charge is -2.02. The fourth-order valence-corrected chi connectivity index (χ4v) is 1.44. The van der Waals surface area contributed by atoms with Crippen LogP contribution in [0.5, 0.6) is 0 Å². The molecule has 0 unspecified atom stereocenters. The lowest BCUT2D eigenvalue weighted by atomic mass is 10.2. The molecule has 0 aliphatic carbocycles. The Labute approximate surface area is 98.8 Å². The summed E-state index contributed by atoms with van der Waals surface area (Å²) in [7, 11) is 0. The van der Waals surface area contributed by atoms with Crippen LogP contribution in [0.2, 0.25) is 0 Å². The molecule has 2 heterocycles. The van der Waals surface area contributed by atoms with Crippen LogP contribution in [0.1, 0.15) is 23.2 Å². The maximum Gasteiger partial charge on any atom is 0.269 e. The largest absolute Gasteiger partial charge is 0.361 e. The van der Waals surface area contributed by atoms with Gasteiger partial charge in [0, 0.05) is 12.6 Å². The summed E-state index contributed by atoms with van der Waals surface area (Å²) in [6, 6.07) is 7.02. The summed E-state index contributed by atoms with van der Waals surface area (Å²) in [6.07, 6.45) is 0. The molecule has 0 aromatic carbocycles. The molecule has 2 rings (SSSR count). The van der Waals surface area contributed by atoms with Crippen LogP contribution in [-0.4, -0.2) is 22.6 Å². The molecule has 1 amide bonds. The minimum absolute atomic E-state index is 0.186. The van der Waals surface area contributed by atoms with E-state index >= 15 is 0 Å². The van der Waals surface area contributed by atoms with Gasteiger partial charge in [-0.15, -0.1) is 0 Å². The fourth-order valence-electron chi connectivity index (χ4n) is 1.44. The maximum atomic E-state index is 11.6. The number of pyridine rings is 1. The van der Waals surface area contributed by atoms with Gasteiger partial charge < -0.3 is 9.84 Å². The molecule has 0 spiro atoms. The number of rotatable bonds is 3. The molecule has 0 atom stereocenters. The first-order valence-corrected chi connectivity index (χ1v) is 5.39. The zero-order valence-electron chi connectivity index (χ0n) is 9.73. The van der Waals surface area contributed by atoms with Gasteiger partial charge in [0.25, 0.3) is 5.91 Å². The van der Waals surface area contributed by atoms with Crippen molar-refractivity contribution in [2.75, 3.05) is 6.54 Å². The van der Waals surface area contributed by atoms with E-state index in [4.69, 9.17) is 4.52 Å². The molecule has 88 valence electrons. The number of aromatic nitrogens is 2. The van der Waals surface area contributed by atoms with Crippen LogP contribution >= 0.6 is 0 Å². The molecule has 1 N–H and O–H groups in total. The molecular weight excluding hydrogens is 218 g/mol. The summed E-state index contributed by atoms with van der Waals surface area (Å²) in [4.78, 5) is 15.9. The number of carbonyl (C=O) groups excluding carboxylic acids is 1. The molecule has 0 aliphatic heterocycles. The van der Waals surface area contributed by atoms with Gasteiger partial charge in [0.1, 0.15) is 17.1 Å². The highest BCUT2D eigenvalue weighted by Crippen LogP contribution is 2.16. The Morgan fingerprint density at radius 3 is 2.88 bits per heavy atom. The van der Waals surface area contributed by atoms with Gasteiger partial charge in [-0.25, -0.2) is 4.98 Å². The van der Waals surface area contributed by atoms with E-state index in [0.717, 1.165) is 0 Å². The second kappa shape index (κ2) is 4.78. The van der Waals surface area contributed by atoms with E-state index in [1.165, 1.54) is 0 Å². The second-order valence-electron chi connectivity index (χ2n) is 3.59. The third kappa shape index (κ3) is 2.50. The highest BCUT2D eigenvalue weighted by molar-refractivity contribution is 5.92. The van der Waals surface area contributed by atoms with Gasteiger partial charge in [-0.2, -0.15) is 0 Å². The van der Waals surface area contributed by atoms with Crippen molar-refractivity contribution in [3.63, 3.8) is 0 Å². The molecule has 0 fully saturated rings. The van der Waals surface area contributed by atoms with Crippen molar-refractivity contribution in [1.82, 2.24) is 15.5 Å². The topological polar surface area (TPSA) is 68.0 Å². The molecule has 2 aromatic rings. The van der Waals surface area contributed by atoms with Crippen molar-refractivity contribution in [3.8, 4) is 11.4 Å². The number of carbonyl (C=O) groups is 1. The number of nitrogens with zero attached hydrogens (tertiary/aromatic N) is 2. The number of nitrogens with one attached hydrogen (secondary N) is 1. The van der Waals surface area contributed by atoms with Crippen LogP contribution in [0.4, 0.5) is 0 Å². The molecule has 0 saturated heterocycles. The van der Waals surface area contributed by atoms with E-state index in [2.05, 4.69) is 15.5 Å². The highest BCUT2D eigenvalue weighted by Gasteiger charge is 2.09. The van der Waals surface area contributed by atoms with Crippen LogP contribution in [-0.2, 0) is 0 Å². The normalized spacial score (nSPS) is 10.2. The number of aryl methyl sites for hydroxylation is 1. The molecule has 0 bridgehead atoms. The van der Waals surface area contributed by atoms with Crippen LogP contribution in [0.25, 0.3) is 11.4 Å². The Hall–Kier alpha value is -2.17. The van der Waals surface area contributed by atoms with E-state index in [1.807, 2.05) is 13.8 Å². The summed E-state index contributed by atoms with van der Waals surface area (Å²) >= 11 is 0. The van der Waals surface area contributed by atoms with E-state index < -0.39 is 0 Å². The third-order valence-corrected chi connectivity index (χ3v) is 2.21. The van der Waals surface area contributed by atoms with Crippen molar-refractivity contribution in [1.29, 1.82) is 0 Å². The average Bonchev–Trinajstić information content (AvgIpc) is 2.76. The first-order chi connectivity index (χ1) is 8.20. The van der Waals surface area contributed by atoms with Crippen molar-refractivity contribution in [3.05, 3.63) is 35.7 Å². The zero-order chi connectivity index (χ0) is 12.3. The monoisotopic (exact) mass is 231 g/mol. The quantitative estimate of drug-likeness (QED) is 0.874. The molecule has 17 heavy (non-hydrogen) atoms. The minimum Gasteiger partial charge on any atom is -0.361 e. The van der Waals surface area contributed by atoms with Gasteiger partial charge in [-0.05, 0) is 26.0 Å². The Kier molecular flexibility index (Phi) is 3.18. The van der Waals surface area contributed by atoms with Crippen molar-refractivity contribution >= 4 is 5.91 Å². The molecule has 0 radical (unpaired) electrons. The standard InChI is InChI=1S/C12H13N3O2/c1-3-13-12(16)10-6-4-5-9(14-10)11-7-8(2)17-15-11/h4-7H,3H2,1-2H3,(H,13,16). The summed E-state index contributed by atoms with van der Waals surface area (Å²) in [5.41, 5.74) is 1.64. The molecule has 0 saturated carbocycles. The van der Waals surface area contributed by atoms with E-state index in [0.29, 0.717) is 29.4 Å². The summed E-state index contributed by atoms with van der Waals surface area (Å²) < 4.78 is 4.98. The highest BCUT2D eigenvalue weighted by atomic mass is 16.5. The maximum absolute atomic E-state index is 11.6. The van der Waals surface area contributed by atoms with Crippen LogP contribution < -0.4 is 5.32 Å². The number of amides is 1. The first-order valence-electron chi connectivity index (χ1n) is 5.39. The third-order valence-electron chi connectivity index (χ3n) is 2.21. The van der Waals surface area contributed by atoms with Crippen molar-refractivity contribution in [2.45, 2.75) is 13.8 Å². The summed E-state index contributed by atoms with van der Waals surface area (Å²) in [5.74, 6) is 0.528. The Morgan fingerprint density at radius 1 is 1.41 bits per heavy atom. The Morgan fingerprint density at radius 2 is 2.24 bits per heavy atom. The molecule has 0 aliphatic rings. The number of hydrogen-bond donors (Lipinski definition) is 1. The lowest BCUT2D eigenvalue weighted by molar-refractivity contribution is 0.0951. The van der Waals surface area contributed by atoms with Gasteiger partial charge >= 0.3 is 0 Å². The van der Waals surface area contributed by atoms with Gasteiger partial charge in [0.2, 0.25) is 0 Å². The van der Waals surface area contributed by atoms with Crippen LogP contribution in [0.3, 0.4) is 0 Å². The van der Waals surface area contributed by atoms with Crippen LogP contribution in [0, 0.1) is 6.92 Å². The van der Waals surface area contributed by atoms with Crippen molar-refractivity contribution in [2.24, 2.45) is 0 Å². The van der Waals surface area contributed by atoms with Crippen LogP contribution in [0.15, 0.2) is 28.8 Å². The van der Waals surface area contributed by atoms with E-state index in [1.54, 1.807) is 24.3 Å². The second-order valence-corrected chi connectivity index (χ2v) is 3.59. The average molecular weight is 231 g/mol. The number of hydrogen-bond acceptors (Lipinski definition) is 4. The molecule has 5 heteroatoms. The van der Waals surface area contributed by atoms with Gasteiger partial charge in [0.05, 0.1) is 5.69 Å². The predicted molar refractivity (Wildman–Crippen MR) is 62.5 cm³/mol. The van der Waals surface area contributed by atoms with Gasteiger partial charge in [0.15, 0.2) is 0 Å². The Bertz CT molecular complexity index is 534. The summed E-state index contributed by atoms with van der Waals surface area (Å²) in [6.45, 7) is 4.25. The molecule has 5 nitrogen and oxygen atoms in total. The van der Waals surface area contributed by atoms with E-state index in [-0.39, 0.29) is 5.91 Å². The van der Waals surface area contributed by atoms with Gasteiger partial charge in [-0.3, -0.25) is 4.79 Å². The molecular formula is C12H13N3O2. The SMILES string of the molecule is CCNC(=O)c1cccc(-c2cc(C)on2)n1. The lowest BCUT2D eigenvalue weighted by Crippen LogP contribution is -2.23. The Balaban J connectivity index is 2.31. The smallest absolute Gasteiger partial charge is 0.269 e. The fraction of sp³-hybridized carbons (Fsp3) is 0.250. The zero-order valence-corrected chi connectivity index (χ0v) is 9.73.